The SMILES string of the molecule is Cc1ccc(F)cc1NC(=O)c1sc2ncnc(N3CCCCC3)c2c1C. The van der Waals surface area contributed by atoms with Gasteiger partial charge in [0.15, 0.2) is 0 Å². The van der Waals surface area contributed by atoms with Crippen LogP contribution in [0.5, 0.6) is 0 Å². The molecule has 5 nitrogen and oxygen atoms in total. The summed E-state index contributed by atoms with van der Waals surface area (Å²) in [6, 6.07) is 4.38. The first kappa shape index (κ1) is 17.9. The first-order valence-corrected chi connectivity index (χ1v) is 9.93. The number of amides is 1. The van der Waals surface area contributed by atoms with Crippen molar-refractivity contribution in [3.05, 3.63) is 46.3 Å². The number of aryl methyl sites for hydroxylation is 2. The Morgan fingerprint density at radius 3 is 2.74 bits per heavy atom. The number of aromatic nitrogens is 2. The van der Waals surface area contributed by atoms with E-state index in [1.54, 1.807) is 12.4 Å². The van der Waals surface area contributed by atoms with Gasteiger partial charge in [0, 0.05) is 18.8 Å². The van der Waals surface area contributed by atoms with E-state index in [9.17, 15) is 9.18 Å². The van der Waals surface area contributed by atoms with Gasteiger partial charge in [-0.3, -0.25) is 4.79 Å². The van der Waals surface area contributed by atoms with Crippen molar-refractivity contribution in [2.24, 2.45) is 0 Å². The van der Waals surface area contributed by atoms with E-state index in [4.69, 9.17) is 0 Å². The van der Waals surface area contributed by atoms with Gasteiger partial charge in [0.1, 0.15) is 22.8 Å². The maximum atomic E-state index is 13.5. The molecule has 3 aromatic rings. The number of halogens is 1. The molecule has 3 heterocycles. The fraction of sp³-hybridized carbons (Fsp3) is 0.350. The Hall–Kier alpha value is -2.54. The summed E-state index contributed by atoms with van der Waals surface area (Å²) in [4.78, 5) is 25.4. The highest BCUT2D eigenvalue weighted by Gasteiger charge is 2.23. The molecule has 1 aliphatic heterocycles. The first-order valence-electron chi connectivity index (χ1n) is 9.11. The van der Waals surface area contributed by atoms with Crippen LogP contribution in [0.25, 0.3) is 10.2 Å². The van der Waals surface area contributed by atoms with Crippen LogP contribution in [0.1, 0.15) is 40.1 Å². The zero-order chi connectivity index (χ0) is 19.0. The van der Waals surface area contributed by atoms with Crippen molar-refractivity contribution in [2.45, 2.75) is 33.1 Å². The molecule has 0 radical (unpaired) electrons. The van der Waals surface area contributed by atoms with Crippen LogP contribution in [0.4, 0.5) is 15.9 Å². The summed E-state index contributed by atoms with van der Waals surface area (Å²) in [7, 11) is 0. The molecule has 1 fully saturated rings. The van der Waals surface area contributed by atoms with Crippen molar-refractivity contribution in [1.29, 1.82) is 0 Å². The number of carbonyl (C=O) groups is 1. The molecule has 4 rings (SSSR count). The van der Waals surface area contributed by atoms with E-state index in [2.05, 4.69) is 20.2 Å². The van der Waals surface area contributed by atoms with Crippen LogP contribution in [-0.4, -0.2) is 29.0 Å². The lowest BCUT2D eigenvalue weighted by atomic mass is 10.1. The van der Waals surface area contributed by atoms with Crippen LogP contribution in [0, 0.1) is 19.7 Å². The average molecular weight is 384 g/mol. The number of hydrogen-bond acceptors (Lipinski definition) is 5. The lowest BCUT2D eigenvalue weighted by Gasteiger charge is -2.28. The number of nitrogens with zero attached hydrogens (tertiary/aromatic N) is 3. The average Bonchev–Trinajstić information content (AvgIpc) is 3.02. The van der Waals surface area contributed by atoms with Crippen LogP contribution in [0.15, 0.2) is 24.5 Å². The van der Waals surface area contributed by atoms with Gasteiger partial charge in [-0.1, -0.05) is 6.07 Å². The highest BCUT2D eigenvalue weighted by molar-refractivity contribution is 7.20. The first-order chi connectivity index (χ1) is 13.0. The zero-order valence-electron chi connectivity index (χ0n) is 15.4. The van der Waals surface area contributed by atoms with Crippen molar-refractivity contribution in [2.75, 3.05) is 23.3 Å². The molecular formula is C20H21FN4OS. The number of hydrogen-bond donors (Lipinski definition) is 1. The molecule has 7 heteroatoms. The maximum absolute atomic E-state index is 13.5. The topological polar surface area (TPSA) is 58.1 Å². The number of nitrogens with one attached hydrogen (secondary N) is 1. The Balaban J connectivity index is 1.71. The van der Waals surface area contributed by atoms with Gasteiger partial charge in [-0.05, 0) is 56.4 Å². The minimum Gasteiger partial charge on any atom is -0.356 e. The molecule has 27 heavy (non-hydrogen) atoms. The second kappa shape index (κ2) is 7.23. The third-order valence-electron chi connectivity index (χ3n) is 5.02. The normalized spacial score (nSPS) is 14.6. The van der Waals surface area contributed by atoms with Gasteiger partial charge >= 0.3 is 0 Å². The van der Waals surface area contributed by atoms with Gasteiger partial charge in [0.2, 0.25) is 0 Å². The largest absolute Gasteiger partial charge is 0.356 e. The van der Waals surface area contributed by atoms with Crippen LogP contribution in [0.3, 0.4) is 0 Å². The van der Waals surface area contributed by atoms with E-state index in [1.165, 1.54) is 29.9 Å². The predicted octanol–water partition coefficient (Wildman–Crippen LogP) is 4.69. The molecule has 1 N–H and O–H groups in total. The van der Waals surface area contributed by atoms with Crippen molar-refractivity contribution in [3.8, 4) is 0 Å². The summed E-state index contributed by atoms with van der Waals surface area (Å²) in [5.74, 6) is 0.297. The van der Waals surface area contributed by atoms with Crippen molar-refractivity contribution < 1.29 is 9.18 Å². The molecular weight excluding hydrogens is 363 g/mol. The minimum absolute atomic E-state index is 0.242. The second-order valence-electron chi connectivity index (χ2n) is 6.89. The van der Waals surface area contributed by atoms with Gasteiger partial charge in [0.25, 0.3) is 5.91 Å². The number of piperidine rings is 1. The summed E-state index contributed by atoms with van der Waals surface area (Å²) in [6.07, 6.45) is 5.12. The third kappa shape index (κ3) is 3.39. The van der Waals surface area contributed by atoms with E-state index in [0.29, 0.717) is 10.6 Å². The van der Waals surface area contributed by atoms with E-state index >= 15 is 0 Å². The summed E-state index contributed by atoms with van der Waals surface area (Å²) in [5.41, 5.74) is 2.18. The quantitative estimate of drug-likeness (QED) is 0.712. The Morgan fingerprint density at radius 2 is 1.96 bits per heavy atom. The molecule has 1 amide bonds. The van der Waals surface area contributed by atoms with Crippen molar-refractivity contribution in [1.82, 2.24) is 9.97 Å². The van der Waals surface area contributed by atoms with Gasteiger partial charge in [0.05, 0.1) is 10.3 Å². The highest BCUT2D eigenvalue weighted by Crippen LogP contribution is 2.36. The summed E-state index contributed by atoms with van der Waals surface area (Å²) < 4.78 is 13.5. The number of carbonyl (C=O) groups excluding carboxylic acids is 1. The Bertz CT molecular complexity index is 1010. The van der Waals surface area contributed by atoms with Crippen LogP contribution < -0.4 is 10.2 Å². The summed E-state index contributed by atoms with van der Waals surface area (Å²) in [6.45, 7) is 5.73. The maximum Gasteiger partial charge on any atom is 0.266 e. The molecule has 0 aliphatic carbocycles. The summed E-state index contributed by atoms with van der Waals surface area (Å²) >= 11 is 1.36. The Morgan fingerprint density at radius 1 is 1.19 bits per heavy atom. The standard InChI is InChI=1S/C20H21FN4OS/c1-12-6-7-14(21)10-15(12)24-19(26)17-13(2)16-18(22-11-23-20(16)27-17)25-8-4-3-5-9-25/h6-7,10-11H,3-5,8-9H2,1-2H3,(H,24,26). The fourth-order valence-electron chi connectivity index (χ4n) is 3.52. The van der Waals surface area contributed by atoms with Crippen molar-refractivity contribution in [3.63, 3.8) is 0 Å². The fourth-order valence-corrected chi connectivity index (χ4v) is 4.56. The second-order valence-corrected chi connectivity index (χ2v) is 7.89. The third-order valence-corrected chi connectivity index (χ3v) is 6.22. The molecule has 0 saturated carbocycles. The predicted molar refractivity (Wildman–Crippen MR) is 107 cm³/mol. The number of benzene rings is 1. The minimum atomic E-state index is -0.373. The lowest BCUT2D eigenvalue weighted by Crippen LogP contribution is -2.30. The van der Waals surface area contributed by atoms with Crippen LogP contribution >= 0.6 is 11.3 Å². The van der Waals surface area contributed by atoms with Gasteiger partial charge in [-0.2, -0.15) is 0 Å². The number of anilines is 2. The number of fused-ring (bicyclic) bond motifs is 1. The van der Waals surface area contributed by atoms with Gasteiger partial charge in [-0.15, -0.1) is 11.3 Å². The molecule has 0 unspecified atom stereocenters. The van der Waals surface area contributed by atoms with Crippen molar-refractivity contribution >= 4 is 39.0 Å². The van der Waals surface area contributed by atoms with Crippen LogP contribution in [-0.2, 0) is 0 Å². The molecule has 1 aromatic carbocycles. The molecule has 1 saturated heterocycles. The summed E-state index contributed by atoms with van der Waals surface area (Å²) in [5, 5.41) is 3.79. The lowest BCUT2D eigenvalue weighted by molar-refractivity contribution is 0.103. The number of thiophene rings is 1. The monoisotopic (exact) mass is 384 g/mol. The molecule has 2 aromatic heterocycles. The van der Waals surface area contributed by atoms with Gasteiger partial charge in [-0.25, -0.2) is 14.4 Å². The van der Waals surface area contributed by atoms with E-state index in [1.807, 2.05) is 13.8 Å². The smallest absolute Gasteiger partial charge is 0.266 e. The Labute approximate surface area is 161 Å². The van der Waals surface area contributed by atoms with Crippen LogP contribution in [0.2, 0.25) is 0 Å². The van der Waals surface area contributed by atoms with E-state index in [-0.39, 0.29) is 11.7 Å². The molecule has 0 atom stereocenters. The van der Waals surface area contributed by atoms with Gasteiger partial charge < -0.3 is 10.2 Å². The Kier molecular flexibility index (Phi) is 4.78. The van der Waals surface area contributed by atoms with E-state index in [0.717, 1.165) is 53.1 Å². The highest BCUT2D eigenvalue weighted by atomic mass is 32.1. The molecule has 0 bridgehead atoms. The molecule has 0 spiro atoms. The zero-order valence-corrected chi connectivity index (χ0v) is 16.2. The van der Waals surface area contributed by atoms with E-state index < -0.39 is 0 Å². The molecule has 1 aliphatic rings. The number of rotatable bonds is 3. The molecule has 140 valence electrons.